The van der Waals surface area contributed by atoms with Crippen molar-refractivity contribution in [1.29, 1.82) is 0 Å². The summed E-state index contributed by atoms with van der Waals surface area (Å²) in [7, 11) is 1.58. The zero-order valence-electron chi connectivity index (χ0n) is 13.0. The van der Waals surface area contributed by atoms with Crippen molar-refractivity contribution in [2.75, 3.05) is 32.2 Å². The van der Waals surface area contributed by atoms with Crippen LogP contribution in [0.25, 0.3) is 0 Å². The molecule has 1 unspecified atom stereocenters. The predicted octanol–water partition coefficient (Wildman–Crippen LogP) is 1.56. The van der Waals surface area contributed by atoms with E-state index in [2.05, 4.69) is 10.3 Å². The van der Waals surface area contributed by atoms with Crippen molar-refractivity contribution in [3.05, 3.63) is 29.3 Å². The van der Waals surface area contributed by atoms with E-state index in [-0.39, 0.29) is 6.61 Å². The SMILES string of the molecule is CCOC(=O)C1C(=O)Nc2c(C)cccc2C1=NCCOC. The van der Waals surface area contributed by atoms with Gasteiger partial charge in [-0.2, -0.15) is 0 Å². The Hall–Kier alpha value is -2.21. The van der Waals surface area contributed by atoms with Crippen LogP contribution in [0.2, 0.25) is 0 Å². The van der Waals surface area contributed by atoms with Gasteiger partial charge in [-0.15, -0.1) is 0 Å². The molecule has 1 aromatic rings. The number of esters is 1. The summed E-state index contributed by atoms with van der Waals surface area (Å²) in [4.78, 5) is 28.9. The van der Waals surface area contributed by atoms with Gasteiger partial charge in [-0.25, -0.2) is 0 Å². The van der Waals surface area contributed by atoms with Gasteiger partial charge in [0.2, 0.25) is 5.91 Å². The van der Waals surface area contributed by atoms with E-state index in [4.69, 9.17) is 9.47 Å². The second kappa shape index (κ2) is 7.17. The third-order valence-corrected chi connectivity index (χ3v) is 3.43. The number of aliphatic imine (C=N–C) groups is 1. The zero-order chi connectivity index (χ0) is 16.1. The number of hydrogen-bond acceptors (Lipinski definition) is 5. The average Bonchev–Trinajstić information content (AvgIpc) is 2.48. The van der Waals surface area contributed by atoms with Crippen molar-refractivity contribution in [1.82, 2.24) is 0 Å². The fourth-order valence-electron chi connectivity index (χ4n) is 2.40. The molecular weight excluding hydrogens is 284 g/mol. The Labute approximate surface area is 129 Å². The molecule has 1 aromatic carbocycles. The van der Waals surface area contributed by atoms with E-state index in [1.165, 1.54) is 0 Å². The number of para-hydroxylation sites is 1. The van der Waals surface area contributed by atoms with Crippen LogP contribution >= 0.6 is 0 Å². The highest BCUT2D eigenvalue weighted by molar-refractivity contribution is 6.31. The molecule has 0 bridgehead atoms. The van der Waals surface area contributed by atoms with Crippen LogP contribution < -0.4 is 5.32 Å². The summed E-state index contributed by atoms with van der Waals surface area (Å²) >= 11 is 0. The van der Waals surface area contributed by atoms with Crippen LogP contribution in [0.15, 0.2) is 23.2 Å². The van der Waals surface area contributed by atoms with Gasteiger partial charge in [0.25, 0.3) is 0 Å². The van der Waals surface area contributed by atoms with Crippen LogP contribution in [0, 0.1) is 12.8 Å². The summed E-state index contributed by atoms with van der Waals surface area (Å²) in [6.45, 7) is 4.62. The van der Waals surface area contributed by atoms with E-state index in [9.17, 15) is 9.59 Å². The number of amides is 1. The molecule has 22 heavy (non-hydrogen) atoms. The summed E-state index contributed by atoms with van der Waals surface area (Å²) in [6, 6.07) is 5.62. The number of rotatable bonds is 5. The van der Waals surface area contributed by atoms with Gasteiger partial charge in [0.15, 0.2) is 5.92 Å². The predicted molar refractivity (Wildman–Crippen MR) is 83.2 cm³/mol. The average molecular weight is 304 g/mol. The standard InChI is InChI=1S/C16H20N2O4/c1-4-22-16(20)12-14(17-8-9-21-3)11-7-5-6-10(2)13(11)18-15(12)19/h5-7,12H,4,8-9H2,1-3H3,(H,18,19). The Kier molecular flexibility index (Phi) is 5.27. The van der Waals surface area contributed by atoms with Gasteiger partial charge < -0.3 is 14.8 Å². The summed E-state index contributed by atoms with van der Waals surface area (Å²) in [5.74, 6) is -2.02. The maximum absolute atomic E-state index is 12.3. The topological polar surface area (TPSA) is 77.0 Å². The third kappa shape index (κ3) is 3.17. The minimum Gasteiger partial charge on any atom is -0.465 e. The van der Waals surface area contributed by atoms with Gasteiger partial charge in [-0.05, 0) is 19.4 Å². The first-order valence-corrected chi connectivity index (χ1v) is 7.20. The number of hydrogen-bond donors (Lipinski definition) is 1. The van der Waals surface area contributed by atoms with Gasteiger partial charge in [-0.1, -0.05) is 18.2 Å². The molecule has 1 heterocycles. The number of carbonyl (C=O) groups is 2. The molecule has 1 amide bonds. The number of ether oxygens (including phenoxy) is 2. The van der Waals surface area contributed by atoms with Crippen molar-refractivity contribution >= 4 is 23.3 Å². The monoisotopic (exact) mass is 304 g/mol. The number of aryl methyl sites for hydroxylation is 1. The molecule has 0 saturated heterocycles. The maximum Gasteiger partial charge on any atom is 0.324 e. The van der Waals surface area contributed by atoms with E-state index in [1.807, 2.05) is 25.1 Å². The van der Waals surface area contributed by atoms with E-state index in [0.717, 1.165) is 11.1 Å². The molecule has 0 radical (unpaired) electrons. The quantitative estimate of drug-likeness (QED) is 0.509. The highest BCUT2D eigenvalue weighted by Crippen LogP contribution is 2.30. The Morgan fingerprint density at radius 2 is 2.18 bits per heavy atom. The second-order valence-corrected chi connectivity index (χ2v) is 4.93. The number of benzene rings is 1. The third-order valence-electron chi connectivity index (χ3n) is 3.43. The summed E-state index contributed by atoms with van der Waals surface area (Å²) < 4.78 is 10.0. The van der Waals surface area contributed by atoms with Gasteiger partial charge in [-0.3, -0.25) is 14.6 Å². The molecule has 1 N–H and O–H groups in total. The van der Waals surface area contributed by atoms with Crippen LogP contribution in [0.5, 0.6) is 0 Å². The number of methoxy groups -OCH3 is 1. The number of anilines is 1. The van der Waals surface area contributed by atoms with Gasteiger partial charge in [0.05, 0.1) is 31.2 Å². The van der Waals surface area contributed by atoms with Crippen LogP contribution in [0.4, 0.5) is 5.69 Å². The summed E-state index contributed by atoms with van der Waals surface area (Å²) in [6.07, 6.45) is 0. The molecule has 1 atom stereocenters. The molecule has 1 aliphatic heterocycles. The van der Waals surface area contributed by atoms with Crippen molar-refractivity contribution in [3.8, 4) is 0 Å². The van der Waals surface area contributed by atoms with Crippen LogP contribution in [-0.2, 0) is 19.1 Å². The Morgan fingerprint density at radius 3 is 2.86 bits per heavy atom. The van der Waals surface area contributed by atoms with Crippen molar-refractivity contribution < 1.29 is 19.1 Å². The van der Waals surface area contributed by atoms with Gasteiger partial charge in [0.1, 0.15) is 0 Å². The van der Waals surface area contributed by atoms with Gasteiger partial charge in [0, 0.05) is 12.7 Å². The molecule has 1 aliphatic rings. The first-order valence-electron chi connectivity index (χ1n) is 7.20. The van der Waals surface area contributed by atoms with Crippen LogP contribution in [0.3, 0.4) is 0 Å². The van der Waals surface area contributed by atoms with Crippen molar-refractivity contribution in [2.24, 2.45) is 10.9 Å². The fraction of sp³-hybridized carbons (Fsp3) is 0.438. The smallest absolute Gasteiger partial charge is 0.324 e. The normalized spacial score (nSPS) is 18.8. The highest BCUT2D eigenvalue weighted by atomic mass is 16.5. The summed E-state index contributed by atoms with van der Waals surface area (Å²) in [5.41, 5.74) is 2.82. The maximum atomic E-state index is 12.3. The lowest BCUT2D eigenvalue weighted by Gasteiger charge is -2.26. The fourth-order valence-corrected chi connectivity index (χ4v) is 2.40. The molecule has 2 rings (SSSR count). The molecule has 0 aromatic heterocycles. The van der Waals surface area contributed by atoms with Crippen molar-refractivity contribution in [3.63, 3.8) is 0 Å². The first kappa shape index (κ1) is 16.2. The van der Waals surface area contributed by atoms with Gasteiger partial charge >= 0.3 is 5.97 Å². The first-order chi connectivity index (χ1) is 10.6. The molecule has 0 fully saturated rings. The molecule has 0 aliphatic carbocycles. The Morgan fingerprint density at radius 1 is 1.41 bits per heavy atom. The van der Waals surface area contributed by atoms with E-state index < -0.39 is 17.8 Å². The number of nitrogens with zero attached hydrogens (tertiary/aromatic N) is 1. The van der Waals surface area contributed by atoms with E-state index in [1.54, 1.807) is 14.0 Å². The lowest BCUT2D eigenvalue weighted by molar-refractivity contribution is -0.148. The Balaban J connectivity index is 2.47. The van der Waals surface area contributed by atoms with Crippen LogP contribution in [0.1, 0.15) is 18.1 Å². The number of fused-ring (bicyclic) bond motifs is 1. The van der Waals surface area contributed by atoms with E-state index in [0.29, 0.717) is 24.6 Å². The lowest BCUT2D eigenvalue weighted by atomic mass is 9.89. The highest BCUT2D eigenvalue weighted by Gasteiger charge is 2.39. The van der Waals surface area contributed by atoms with Crippen LogP contribution in [-0.4, -0.2) is 44.5 Å². The molecule has 0 saturated carbocycles. The minimum atomic E-state index is -1.04. The van der Waals surface area contributed by atoms with Crippen molar-refractivity contribution in [2.45, 2.75) is 13.8 Å². The molecule has 118 valence electrons. The zero-order valence-corrected chi connectivity index (χ0v) is 13.0. The largest absolute Gasteiger partial charge is 0.465 e. The number of carbonyl (C=O) groups excluding carboxylic acids is 2. The van der Waals surface area contributed by atoms with E-state index >= 15 is 0 Å². The molecule has 6 nitrogen and oxygen atoms in total. The second-order valence-electron chi connectivity index (χ2n) is 4.93. The minimum absolute atomic E-state index is 0.217. The molecule has 6 heteroatoms. The molecule has 0 spiro atoms. The molecular formula is C16H20N2O4. The number of nitrogens with one attached hydrogen (secondary N) is 1. The summed E-state index contributed by atoms with van der Waals surface area (Å²) in [5, 5.41) is 2.79. The lowest BCUT2D eigenvalue weighted by Crippen LogP contribution is -2.42. The Bertz CT molecular complexity index is 610.